The van der Waals surface area contributed by atoms with Crippen LogP contribution in [-0.4, -0.2) is 119 Å². The number of methoxy groups -OCH3 is 2. The SMILES string of the molecule is COc1cc(-c2[o+]c3c([C@@H](C)c4c(O)cc(O)c5c4O[C@H](c4ccc(O)c(O)c4)[C@H](O)C5)c(O)cc(O)c3cc2O[C@@H]2O[C@H](CO)[C@@H](O)[C@H](O)[C@H]2O)cc(OC)c1O. The number of rotatable bonds is 9. The molecule has 0 spiro atoms. The molecule has 58 heavy (non-hydrogen) atoms. The van der Waals surface area contributed by atoms with Gasteiger partial charge in [0.1, 0.15) is 70.2 Å². The van der Waals surface area contributed by atoms with Crippen LogP contribution in [0.1, 0.15) is 41.2 Å². The van der Waals surface area contributed by atoms with Crippen molar-refractivity contribution in [3.63, 3.8) is 0 Å². The standard InChI is InChI=1S/C40H40O18/c1-14(30-23(46)11-20(43)17-9-25(48)36(57-38(17)30)15-4-5-19(42)22(45)6-15)31-24(47)12-21(44)18-10-28(55-40-35(52)34(51)33(50)29(13-41)56-40)37(58-39(18)31)16-7-26(53-2)32(49)27(8-16)54-3/h4-8,10-12,14,25,29,33-36,40-41,48,50-52H,9,13H2,1-3H3,(H6-,42,43,44,45,46,47,49)/p+1/t14-,25+,29+,33+,34-,35+,36+,40+/m0/s1. The van der Waals surface area contributed by atoms with Gasteiger partial charge in [0.25, 0.3) is 0 Å². The molecule has 0 bridgehead atoms. The molecule has 2 aliphatic heterocycles. The van der Waals surface area contributed by atoms with Gasteiger partial charge in [-0.25, -0.2) is 4.42 Å². The van der Waals surface area contributed by atoms with Crippen molar-refractivity contribution in [1.82, 2.24) is 0 Å². The van der Waals surface area contributed by atoms with Gasteiger partial charge in [0.2, 0.25) is 17.8 Å². The van der Waals surface area contributed by atoms with Gasteiger partial charge in [-0.15, -0.1) is 0 Å². The topological polar surface area (TPSA) is 300 Å². The maximum absolute atomic E-state index is 11.5. The minimum Gasteiger partial charge on any atom is -0.507 e. The summed E-state index contributed by atoms with van der Waals surface area (Å²) in [5.41, 5.74) is 0.189. The van der Waals surface area contributed by atoms with Gasteiger partial charge >= 0.3 is 11.3 Å². The normalized spacial score (nSPS) is 23.5. The molecule has 1 saturated heterocycles. The number of aromatic hydroxyl groups is 7. The fraction of sp³-hybridized carbons (Fsp3) is 0.325. The van der Waals surface area contributed by atoms with Gasteiger partial charge in [0.05, 0.1) is 32.5 Å². The summed E-state index contributed by atoms with van der Waals surface area (Å²) in [4.78, 5) is 0. The summed E-state index contributed by atoms with van der Waals surface area (Å²) in [6, 6.07) is 9.75. The largest absolute Gasteiger partial charge is 0.507 e. The van der Waals surface area contributed by atoms with Crippen LogP contribution in [0.4, 0.5) is 0 Å². The highest BCUT2D eigenvalue weighted by atomic mass is 16.7. The fourth-order valence-electron chi connectivity index (χ4n) is 7.40. The molecule has 2 aliphatic rings. The second kappa shape index (κ2) is 15.3. The molecule has 18 heteroatoms. The average molecular weight is 810 g/mol. The number of hydrogen-bond acceptors (Lipinski definition) is 17. The van der Waals surface area contributed by atoms with Crippen LogP contribution in [0.25, 0.3) is 22.3 Å². The first kappa shape index (κ1) is 40.1. The second-order valence-electron chi connectivity index (χ2n) is 14.0. The molecule has 5 aromatic rings. The Morgan fingerprint density at radius 3 is 2.02 bits per heavy atom. The molecular formula is C40H41O18+. The zero-order chi connectivity index (χ0) is 41.9. The van der Waals surface area contributed by atoms with Crippen molar-refractivity contribution in [3.05, 3.63) is 70.8 Å². The lowest BCUT2D eigenvalue weighted by molar-refractivity contribution is -0.277. The summed E-state index contributed by atoms with van der Waals surface area (Å²) in [7, 11) is 2.55. The van der Waals surface area contributed by atoms with E-state index in [1.807, 2.05) is 0 Å². The summed E-state index contributed by atoms with van der Waals surface area (Å²) >= 11 is 0. The molecule has 12 N–H and O–H groups in total. The second-order valence-corrected chi connectivity index (χ2v) is 14.0. The van der Waals surface area contributed by atoms with Crippen LogP contribution in [0, 0.1) is 0 Å². The molecular weight excluding hydrogens is 768 g/mol. The molecule has 0 saturated carbocycles. The number of fused-ring (bicyclic) bond motifs is 2. The lowest BCUT2D eigenvalue weighted by atomic mass is 9.85. The van der Waals surface area contributed by atoms with E-state index in [2.05, 4.69) is 0 Å². The van der Waals surface area contributed by atoms with Crippen molar-refractivity contribution in [2.45, 2.75) is 62.2 Å². The van der Waals surface area contributed by atoms with E-state index >= 15 is 0 Å². The van der Waals surface area contributed by atoms with Crippen LogP contribution in [0.5, 0.6) is 63.2 Å². The third-order valence-electron chi connectivity index (χ3n) is 10.4. The Morgan fingerprint density at radius 2 is 1.38 bits per heavy atom. The predicted octanol–water partition coefficient (Wildman–Crippen LogP) is 2.70. The highest BCUT2D eigenvalue weighted by Crippen LogP contribution is 2.54. The first-order valence-electron chi connectivity index (χ1n) is 17.8. The van der Waals surface area contributed by atoms with Crippen LogP contribution in [0.15, 0.2) is 52.9 Å². The van der Waals surface area contributed by atoms with E-state index in [1.165, 1.54) is 50.6 Å². The van der Waals surface area contributed by atoms with Gasteiger partial charge in [-0.2, -0.15) is 0 Å². The number of aliphatic hydroxyl groups excluding tert-OH is 5. The van der Waals surface area contributed by atoms with E-state index in [1.54, 1.807) is 6.92 Å². The van der Waals surface area contributed by atoms with Crippen LogP contribution in [-0.2, 0) is 11.2 Å². The maximum Gasteiger partial charge on any atom is 0.402 e. The number of phenolic OH excluding ortho intramolecular Hbond substituents is 7. The maximum atomic E-state index is 11.5. The molecule has 0 unspecified atom stereocenters. The van der Waals surface area contributed by atoms with Crippen molar-refractivity contribution in [3.8, 4) is 74.6 Å². The smallest absolute Gasteiger partial charge is 0.402 e. The molecule has 4 aromatic carbocycles. The molecule has 3 heterocycles. The summed E-state index contributed by atoms with van der Waals surface area (Å²) < 4.78 is 35.0. The Hall–Kier alpha value is -6.15. The molecule has 8 atom stereocenters. The first-order chi connectivity index (χ1) is 27.6. The van der Waals surface area contributed by atoms with E-state index in [0.717, 1.165) is 12.1 Å². The van der Waals surface area contributed by atoms with Crippen LogP contribution in [0.3, 0.4) is 0 Å². The van der Waals surface area contributed by atoms with E-state index in [4.69, 9.17) is 28.1 Å². The van der Waals surface area contributed by atoms with Crippen molar-refractivity contribution in [2.24, 2.45) is 0 Å². The Labute approximate surface area is 328 Å². The third kappa shape index (κ3) is 6.74. The van der Waals surface area contributed by atoms with E-state index in [-0.39, 0.29) is 79.7 Å². The predicted molar refractivity (Wildman–Crippen MR) is 199 cm³/mol. The molecule has 7 rings (SSSR count). The Balaban J connectivity index is 1.43. The van der Waals surface area contributed by atoms with Gasteiger partial charge in [0, 0.05) is 53.8 Å². The van der Waals surface area contributed by atoms with Gasteiger partial charge in [-0.3, -0.25) is 0 Å². The molecule has 0 amide bonds. The molecule has 1 fully saturated rings. The fourth-order valence-corrected chi connectivity index (χ4v) is 7.40. The van der Waals surface area contributed by atoms with E-state index in [9.17, 15) is 61.3 Å². The Morgan fingerprint density at radius 1 is 0.724 bits per heavy atom. The first-order valence-corrected chi connectivity index (χ1v) is 17.8. The van der Waals surface area contributed by atoms with Crippen LogP contribution in [0.2, 0.25) is 0 Å². The molecule has 0 radical (unpaired) electrons. The molecule has 1 aromatic heterocycles. The van der Waals surface area contributed by atoms with Crippen molar-refractivity contribution in [1.29, 1.82) is 0 Å². The Kier molecular flexibility index (Phi) is 10.6. The van der Waals surface area contributed by atoms with Gasteiger partial charge in [-0.1, -0.05) is 13.0 Å². The van der Waals surface area contributed by atoms with Crippen molar-refractivity contribution < 1.29 is 89.4 Å². The Bertz CT molecular complexity index is 2350. The molecule has 18 nitrogen and oxygen atoms in total. The molecule has 0 aliphatic carbocycles. The summed E-state index contributed by atoms with van der Waals surface area (Å²) in [5, 5.41) is 128. The van der Waals surface area contributed by atoms with Gasteiger partial charge in [-0.05, 0) is 17.7 Å². The summed E-state index contributed by atoms with van der Waals surface area (Å²) in [6.07, 6.45) is -11.1. The lowest BCUT2D eigenvalue weighted by Gasteiger charge is -2.39. The highest BCUT2D eigenvalue weighted by Gasteiger charge is 2.46. The zero-order valence-corrected chi connectivity index (χ0v) is 31.0. The van der Waals surface area contributed by atoms with Gasteiger partial charge in [0.15, 0.2) is 23.0 Å². The van der Waals surface area contributed by atoms with Crippen molar-refractivity contribution >= 4 is 11.0 Å². The molecule has 308 valence electrons. The zero-order valence-electron chi connectivity index (χ0n) is 31.0. The van der Waals surface area contributed by atoms with Crippen molar-refractivity contribution in [2.75, 3.05) is 20.8 Å². The van der Waals surface area contributed by atoms with E-state index < -0.39 is 89.9 Å². The average Bonchev–Trinajstić information content (AvgIpc) is 3.19. The number of benzene rings is 4. The minimum absolute atomic E-state index is 0.00126. The summed E-state index contributed by atoms with van der Waals surface area (Å²) in [6.45, 7) is 0.788. The third-order valence-corrected chi connectivity index (χ3v) is 10.4. The van der Waals surface area contributed by atoms with Crippen LogP contribution >= 0.6 is 0 Å². The number of ether oxygens (including phenoxy) is 5. The minimum atomic E-state index is -1.87. The monoisotopic (exact) mass is 809 g/mol. The lowest BCUT2D eigenvalue weighted by Crippen LogP contribution is -2.60. The quantitative estimate of drug-likeness (QED) is 0.0752. The highest BCUT2D eigenvalue weighted by molar-refractivity contribution is 5.92. The van der Waals surface area contributed by atoms with Crippen LogP contribution < -0.4 is 18.9 Å². The van der Waals surface area contributed by atoms with E-state index in [0.29, 0.717) is 0 Å². The summed E-state index contributed by atoms with van der Waals surface area (Å²) in [5.74, 6) is -5.12. The van der Waals surface area contributed by atoms with Gasteiger partial charge < -0.3 is 85.0 Å². The number of phenols is 7. The number of hydrogen-bond donors (Lipinski definition) is 12. The number of aliphatic hydroxyl groups is 5.